The van der Waals surface area contributed by atoms with Crippen molar-refractivity contribution < 1.29 is 28.5 Å². The van der Waals surface area contributed by atoms with E-state index in [9.17, 15) is 9.59 Å². The van der Waals surface area contributed by atoms with Gasteiger partial charge in [-0.05, 0) is 54.1 Å². The predicted octanol–water partition coefficient (Wildman–Crippen LogP) is 3.71. The Morgan fingerprint density at radius 3 is 2.29 bits per heavy atom. The summed E-state index contributed by atoms with van der Waals surface area (Å²) in [6, 6.07) is 22.0. The van der Waals surface area contributed by atoms with E-state index in [0.29, 0.717) is 30.2 Å². The normalized spacial score (nSPS) is 15.0. The highest BCUT2D eigenvalue weighted by molar-refractivity contribution is 5.91. The number of piperazine rings is 1. The molecule has 35 heavy (non-hydrogen) atoms. The minimum atomic E-state index is -0.536. The van der Waals surface area contributed by atoms with Crippen molar-refractivity contribution in [3.8, 4) is 23.0 Å². The van der Waals surface area contributed by atoms with Crippen LogP contribution in [0.2, 0.25) is 0 Å². The molecular weight excluding hydrogens is 448 g/mol. The van der Waals surface area contributed by atoms with Gasteiger partial charge in [-0.25, -0.2) is 4.79 Å². The molecule has 0 saturated carbocycles. The fourth-order valence-electron chi connectivity index (χ4n) is 4.04. The molecule has 8 heteroatoms. The molecule has 2 heterocycles. The molecule has 0 N–H and O–H groups in total. The molecule has 0 atom stereocenters. The number of carbonyl (C=O) groups is 2. The molecule has 0 unspecified atom stereocenters. The molecule has 0 radical (unpaired) electrons. The summed E-state index contributed by atoms with van der Waals surface area (Å²) in [5, 5.41) is 0. The lowest BCUT2D eigenvalue weighted by Gasteiger charge is -2.34. The van der Waals surface area contributed by atoms with Crippen LogP contribution in [0.1, 0.15) is 15.9 Å². The van der Waals surface area contributed by atoms with Gasteiger partial charge in [-0.15, -0.1) is 0 Å². The SMILES string of the molecule is O=C(OCC(=O)N1CCN(Cc2ccc3c(c2)OCO3)CC1)c1ccc(Oc2ccccc2)cc1. The Morgan fingerprint density at radius 2 is 1.51 bits per heavy atom. The molecule has 0 aliphatic carbocycles. The van der Waals surface area contributed by atoms with Crippen LogP contribution in [-0.4, -0.2) is 61.3 Å². The minimum absolute atomic E-state index is 0.190. The second kappa shape index (κ2) is 10.5. The third-order valence-corrected chi connectivity index (χ3v) is 5.96. The summed E-state index contributed by atoms with van der Waals surface area (Å²) in [5.41, 5.74) is 1.51. The molecule has 0 aromatic heterocycles. The minimum Gasteiger partial charge on any atom is -0.457 e. The summed E-state index contributed by atoms with van der Waals surface area (Å²) in [6.45, 7) is 3.44. The molecule has 5 rings (SSSR count). The van der Waals surface area contributed by atoms with E-state index >= 15 is 0 Å². The number of amides is 1. The largest absolute Gasteiger partial charge is 0.457 e. The summed E-state index contributed by atoms with van der Waals surface area (Å²) in [6.07, 6.45) is 0. The summed E-state index contributed by atoms with van der Waals surface area (Å²) in [7, 11) is 0. The highest BCUT2D eigenvalue weighted by Gasteiger charge is 2.23. The molecule has 2 aliphatic rings. The highest BCUT2D eigenvalue weighted by Crippen LogP contribution is 2.32. The van der Waals surface area contributed by atoms with Crippen molar-refractivity contribution in [2.75, 3.05) is 39.6 Å². The topological polar surface area (TPSA) is 77.5 Å². The first-order valence-electron chi connectivity index (χ1n) is 11.5. The zero-order valence-electron chi connectivity index (χ0n) is 19.2. The van der Waals surface area contributed by atoms with Crippen molar-refractivity contribution in [2.45, 2.75) is 6.54 Å². The third-order valence-electron chi connectivity index (χ3n) is 5.96. The quantitative estimate of drug-likeness (QED) is 0.483. The standard InChI is InChI=1S/C27H26N2O6/c30-26(18-32-27(31)21-7-9-23(10-8-21)35-22-4-2-1-3-5-22)29-14-12-28(13-15-29)17-20-6-11-24-25(16-20)34-19-33-24/h1-11,16H,12-15,17-19H2. The molecule has 1 amide bonds. The number of ether oxygens (including phenoxy) is 4. The van der Waals surface area contributed by atoms with Crippen LogP contribution < -0.4 is 14.2 Å². The number of nitrogens with zero attached hydrogens (tertiary/aromatic N) is 2. The fourth-order valence-corrected chi connectivity index (χ4v) is 4.04. The fraction of sp³-hybridized carbons (Fsp3) is 0.259. The average molecular weight is 475 g/mol. The number of fused-ring (bicyclic) bond motifs is 1. The van der Waals surface area contributed by atoms with Gasteiger partial charge in [0.15, 0.2) is 18.1 Å². The van der Waals surface area contributed by atoms with Crippen LogP contribution in [-0.2, 0) is 16.1 Å². The van der Waals surface area contributed by atoms with Gasteiger partial charge in [-0.2, -0.15) is 0 Å². The molecular formula is C27H26N2O6. The molecule has 8 nitrogen and oxygen atoms in total. The number of esters is 1. The maximum atomic E-state index is 12.6. The lowest BCUT2D eigenvalue weighted by Crippen LogP contribution is -2.49. The average Bonchev–Trinajstić information content (AvgIpc) is 3.37. The molecule has 2 aliphatic heterocycles. The van der Waals surface area contributed by atoms with Gasteiger partial charge in [0.25, 0.3) is 5.91 Å². The van der Waals surface area contributed by atoms with Gasteiger partial charge in [-0.1, -0.05) is 24.3 Å². The van der Waals surface area contributed by atoms with Crippen molar-refractivity contribution in [1.82, 2.24) is 9.80 Å². The van der Waals surface area contributed by atoms with E-state index in [1.54, 1.807) is 29.2 Å². The molecule has 0 bridgehead atoms. The maximum Gasteiger partial charge on any atom is 0.338 e. The van der Waals surface area contributed by atoms with Crippen LogP contribution in [0.4, 0.5) is 0 Å². The van der Waals surface area contributed by atoms with E-state index in [2.05, 4.69) is 4.90 Å². The zero-order chi connectivity index (χ0) is 24.0. The smallest absolute Gasteiger partial charge is 0.338 e. The highest BCUT2D eigenvalue weighted by atomic mass is 16.7. The number of rotatable bonds is 7. The summed E-state index contributed by atoms with van der Waals surface area (Å²) in [4.78, 5) is 29.0. The lowest BCUT2D eigenvalue weighted by molar-refractivity contribution is -0.136. The molecule has 180 valence electrons. The van der Waals surface area contributed by atoms with E-state index in [1.165, 1.54) is 0 Å². The number of carbonyl (C=O) groups excluding carboxylic acids is 2. The number of para-hydroxylation sites is 1. The first-order valence-corrected chi connectivity index (χ1v) is 11.5. The van der Waals surface area contributed by atoms with Gasteiger partial charge in [0.05, 0.1) is 5.56 Å². The Balaban J connectivity index is 1.05. The van der Waals surface area contributed by atoms with Gasteiger partial charge >= 0.3 is 5.97 Å². The Hall–Kier alpha value is -4.04. The summed E-state index contributed by atoms with van der Waals surface area (Å²) >= 11 is 0. The Bertz CT molecular complexity index is 1170. The summed E-state index contributed by atoms with van der Waals surface area (Å²) in [5.74, 6) is 2.15. The Kier molecular flexibility index (Phi) is 6.81. The molecule has 1 fully saturated rings. The van der Waals surface area contributed by atoms with Crippen LogP contribution in [0.3, 0.4) is 0 Å². The van der Waals surface area contributed by atoms with Crippen LogP contribution in [0.15, 0.2) is 72.8 Å². The van der Waals surface area contributed by atoms with Crippen molar-refractivity contribution in [1.29, 1.82) is 0 Å². The van der Waals surface area contributed by atoms with Gasteiger partial charge in [0.2, 0.25) is 6.79 Å². The van der Waals surface area contributed by atoms with Crippen LogP contribution in [0, 0.1) is 0 Å². The Labute approximate surface area is 203 Å². The summed E-state index contributed by atoms with van der Waals surface area (Å²) < 4.78 is 21.8. The van der Waals surface area contributed by atoms with Crippen molar-refractivity contribution in [3.05, 3.63) is 83.9 Å². The van der Waals surface area contributed by atoms with Crippen LogP contribution in [0.5, 0.6) is 23.0 Å². The van der Waals surface area contributed by atoms with E-state index in [-0.39, 0.29) is 19.3 Å². The van der Waals surface area contributed by atoms with E-state index in [1.807, 2.05) is 48.5 Å². The lowest BCUT2D eigenvalue weighted by atomic mass is 10.1. The van der Waals surface area contributed by atoms with E-state index < -0.39 is 5.97 Å². The van der Waals surface area contributed by atoms with Crippen LogP contribution in [0.25, 0.3) is 0 Å². The number of hydrogen-bond donors (Lipinski definition) is 0. The predicted molar refractivity (Wildman–Crippen MR) is 128 cm³/mol. The maximum absolute atomic E-state index is 12.6. The van der Waals surface area contributed by atoms with Gasteiger partial charge < -0.3 is 23.8 Å². The molecule has 0 spiro atoms. The zero-order valence-corrected chi connectivity index (χ0v) is 19.2. The number of hydrogen-bond acceptors (Lipinski definition) is 7. The van der Waals surface area contributed by atoms with Crippen molar-refractivity contribution in [2.24, 2.45) is 0 Å². The first-order chi connectivity index (χ1) is 17.1. The van der Waals surface area contributed by atoms with Gasteiger partial charge in [-0.3, -0.25) is 9.69 Å². The molecule has 1 saturated heterocycles. The second-order valence-electron chi connectivity index (χ2n) is 8.36. The van der Waals surface area contributed by atoms with Crippen molar-refractivity contribution >= 4 is 11.9 Å². The monoisotopic (exact) mass is 474 g/mol. The van der Waals surface area contributed by atoms with Gasteiger partial charge in [0, 0.05) is 32.7 Å². The van der Waals surface area contributed by atoms with Crippen molar-refractivity contribution in [3.63, 3.8) is 0 Å². The third kappa shape index (κ3) is 5.73. The van der Waals surface area contributed by atoms with E-state index in [0.717, 1.165) is 36.7 Å². The number of benzene rings is 3. The molecule has 3 aromatic rings. The Morgan fingerprint density at radius 1 is 0.800 bits per heavy atom. The van der Waals surface area contributed by atoms with E-state index in [4.69, 9.17) is 18.9 Å². The molecule has 3 aromatic carbocycles. The van der Waals surface area contributed by atoms with Crippen LogP contribution >= 0.6 is 0 Å². The van der Waals surface area contributed by atoms with Gasteiger partial charge in [0.1, 0.15) is 11.5 Å². The first kappa shape index (κ1) is 22.7. The second-order valence-corrected chi connectivity index (χ2v) is 8.36.